The van der Waals surface area contributed by atoms with Gasteiger partial charge in [0.25, 0.3) is 0 Å². The third-order valence-electron chi connectivity index (χ3n) is 1.81. The van der Waals surface area contributed by atoms with E-state index < -0.39 is 35.0 Å². The molecule has 114 valence electrons. The van der Waals surface area contributed by atoms with E-state index in [1.165, 1.54) is 0 Å². The zero-order valence-corrected chi connectivity index (χ0v) is 8.77. The molecule has 2 nitrogen and oxygen atoms in total. The third kappa shape index (κ3) is 2.30. The molecular weight excluding hydrogens is 329 g/mol. The fraction of sp³-hybridized carbons (Fsp3) is 0.833. The van der Waals surface area contributed by atoms with E-state index in [0.717, 1.165) is 0 Å². The lowest BCUT2D eigenvalue weighted by molar-refractivity contribution is -0.404. The number of aliphatic carboxylic acids is 1. The van der Waals surface area contributed by atoms with Gasteiger partial charge in [0.1, 0.15) is 0 Å². The van der Waals surface area contributed by atoms with E-state index >= 15 is 0 Å². The molecule has 0 spiro atoms. The van der Waals surface area contributed by atoms with Crippen molar-refractivity contribution in [3.8, 4) is 0 Å². The summed E-state index contributed by atoms with van der Waals surface area (Å²) in [4.78, 5) is 9.84. The number of carboxylic acids is 1. The van der Waals surface area contributed by atoms with Crippen molar-refractivity contribution in [2.75, 3.05) is 0 Å². The SMILES string of the molecule is O=C(O)C(F)(Cl)C(F)(F)C(F)(F)C(F)(F)C(F)(F)F. The average Bonchev–Trinajstić information content (AvgIpc) is 2.14. The molecule has 0 aromatic heterocycles. The molecule has 0 heterocycles. The lowest BCUT2D eigenvalue weighted by Crippen LogP contribution is -2.67. The van der Waals surface area contributed by atoms with Crippen LogP contribution in [0.5, 0.6) is 0 Å². The fourth-order valence-electron chi connectivity index (χ4n) is 0.707. The molecule has 0 aliphatic carbocycles. The van der Waals surface area contributed by atoms with E-state index in [4.69, 9.17) is 5.11 Å². The minimum Gasteiger partial charge on any atom is -0.478 e. The van der Waals surface area contributed by atoms with Gasteiger partial charge in [0.2, 0.25) is 0 Å². The van der Waals surface area contributed by atoms with Crippen LogP contribution in [0, 0.1) is 0 Å². The van der Waals surface area contributed by atoms with E-state index in [1.54, 1.807) is 0 Å². The van der Waals surface area contributed by atoms with Crippen molar-refractivity contribution in [2.24, 2.45) is 0 Å². The zero-order chi connectivity index (χ0) is 16.1. The van der Waals surface area contributed by atoms with Crippen LogP contribution in [0.25, 0.3) is 0 Å². The Morgan fingerprint density at radius 1 is 0.737 bits per heavy atom. The molecule has 0 aromatic carbocycles. The average molecular weight is 331 g/mol. The Labute approximate surface area is 101 Å². The molecule has 0 fully saturated rings. The smallest absolute Gasteiger partial charge is 0.460 e. The van der Waals surface area contributed by atoms with E-state index in [1.807, 2.05) is 0 Å². The number of hydrogen-bond acceptors (Lipinski definition) is 1. The summed E-state index contributed by atoms with van der Waals surface area (Å²) in [6, 6.07) is 0. The number of carboxylic acid groups (broad SMARTS) is 1. The van der Waals surface area contributed by atoms with Gasteiger partial charge in [-0.25, -0.2) is 9.18 Å². The van der Waals surface area contributed by atoms with Crippen LogP contribution in [0.3, 0.4) is 0 Å². The Bertz CT molecular complexity index is 373. The van der Waals surface area contributed by atoms with Crippen molar-refractivity contribution in [3.05, 3.63) is 0 Å². The first kappa shape index (κ1) is 18.1. The lowest BCUT2D eigenvalue weighted by Gasteiger charge is -2.36. The molecule has 0 amide bonds. The summed E-state index contributed by atoms with van der Waals surface area (Å²) in [5.74, 6) is -25.5. The summed E-state index contributed by atoms with van der Waals surface area (Å²) in [6.07, 6.45) is -7.19. The summed E-state index contributed by atoms with van der Waals surface area (Å²) in [6.45, 7) is 0. The highest BCUT2D eigenvalue weighted by Gasteiger charge is 2.87. The largest absolute Gasteiger partial charge is 0.478 e. The predicted octanol–water partition coefficient (Wildman–Crippen LogP) is 3.44. The van der Waals surface area contributed by atoms with E-state index in [9.17, 15) is 48.7 Å². The molecule has 1 N–H and O–H groups in total. The summed E-state index contributed by atoms with van der Waals surface area (Å²) >= 11 is 3.81. The fourth-order valence-corrected chi connectivity index (χ4v) is 0.825. The molecule has 0 saturated carbocycles. The minimum atomic E-state index is -7.44. The topological polar surface area (TPSA) is 37.3 Å². The Kier molecular flexibility index (Phi) is 4.07. The first-order chi connectivity index (χ1) is 7.94. The highest BCUT2D eigenvalue weighted by Crippen LogP contribution is 2.57. The normalized spacial score (nSPS) is 18.1. The van der Waals surface area contributed by atoms with Gasteiger partial charge < -0.3 is 5.11 Å². The van der Waals surface area contributed by atoms with Gasteiger partial charge in [-0.05, 0) is 0 Å². The van der Waals surface area contributed by atoms with Crippen molar-refractivity contribution in [1.82, 2.24) is 0 Å². The Morgan fingerprint density at radius 2 is 1.05 bits per heavy atom. The van der Waals surface area contributed by atoms with Gasteiger partial charge in [-0.15, -0.1) is 0 Å². The molecule has 0 aromatic rings. The van der Waals surface area contributed by atoms with E-state index in [2.05, 4.69) is 11.6 Å². The molecule has 19 heavy (non-hydrogen) atoms. The number of halogens is 11. The van der Waals surface area contributed by atoms with Crippen LogP contribution in [0.15, 0.2) is 0 Å². The zero-order valence-electron chi connectivity index (χ0n) is 8.01. The number of rotatable bonds is 4. The molecule has 1 atom stereocenters. The molecule has 13 heteroatoms. The highest BCUT2D eigenvalue weighted by molar-refractivity contribution is 6.33. The highest BCUT2D eigenvalue weighted by atomic mass is 35.5. The number of alkyl halides is 11. The summed E-state index contributed by atoms with van der Waals surface area (Å²) in [7, 11) is 0. The van der Waals surface area contributed by atoms with Crippen LogP contribution in [-0.4, -0.2) is 40.1 Å². The summed E-state index contributed by atoms with van der Waals surface area (Å²) in [5.41, 5.74) is 0. The van der Waals surface area contributed by atoms with Crippen molar-refractivity contribution < 1.29 is 53.8 Å². The van der Waals surface area contributed by atoms with Crippen LogP contribution in [0.4, 0.5) is 43.9 Å². The van der Waals surface area contributed by atoms with Crippen LogP contribution in [0.2, 0.25) is 0 Å². The first-order valence-electron chi connectivity index (χ1n) is 3.76. The molecule has 1 unspecified atom stereocenters. The molecule has 0 radical (unpaired) electrons. The second kappa shape index (κ2) is 4.28. The molecule has 0 aliphatic heterocycles. The quantitative estimate of drug-likeness (QED) is 0.633. The number of carbonyl (C=O) groups is 1. The van der Waals surface area contributed by atoms with Crippen molar-refractivity contribution >= 4 is 17.6 Å². The first-order valence-corrected chi connectivity index (χ1v) is 4.13. The van der Waals surface area contributed by atoms with Gasteiger partial charge in [0, 0.05) is 0 Å². The molecule has 0 aliphatic rings. The second-order valence-electron chi connectivity index (χ2n) is 3.10. The van der Waals surface area contributed by atoms with Gasteiger partial charge in [-0.3, -0.25) is 0 Å². The molecule has 0 saturated heterocycles. The number of hydrogen-bond donors (Lipinski definition) is 1. The maximum absolute atomic E-state index is 12.6. The summed E-state index contributed by atoms with van der Waals surface area (Å²) in [5, 5.41) is 1.89. The molecule has 0 rings (SSSR count). The lowest BCUT2D eigenvalue weighted by atomic mass is 9.99. The van der Waals surface area contributed by atoms with Crippen molar-refractivity contribution in [3.63, 3.8) is 0 Å². The van der Waals surface area contributed by atoms with Gasteiger partial charge in [-0.2, -0.15) is 39.5 Å². The Hall–Kier alpha value is -0.940. The maximum atomic E-state index is 12.6. The Balaban J connectivity index is 5.99. The third-order valence-corrected chi connectivity index (χ3v) is 2.21. The summed E-state index contributed by atoms with van der Waals surface area (Å²) < 4.78 is 122. The Morgan fingerprint density at radius 3 is 1.26 bits per heavy atom. The van der Waals surface area contributed by atoms with E-state index in [0.29, 0.717) is 0 Å². The van der Waals surface area contributed by atoms with Crippen LogP contribution in [-0.2, 0) is 4.79 Å². The van der Waals surface area contributed by atoms with Crippen molar-refractivity contribution in [1.29, 1.82) is 0 Å². The maximum Gasteiger partial charge on any atom is 0.460 e. The van der Waals surface area contributed by atoms with Gasteiger partial charge >= 0.3 is 35.0 Å². The van der Waals surface area contributed by atoms with Gasteiger partial charge in [0.15, 0.2) is 0 Å². The predicted molar refractivity (Wildman–Crippen MR) is 38.2 cm³/mol. The molecular formula is C6HClF10O2. The van der Waals surface area contributed by atoms with Gasteiger partial charge in [0.05, 0.1) is 0 Å². The monoisotopic (exact) mass is 330 g/mol. The standard InChI is InChI=1S/C6HClF10O2/c7-2(8,1(18)19)3(9,10)4(11,12)5(13,14)6(15,16)17/h(H,18,19). The second-order valence-corrected chi connectivity index (χ2v) is 3.62. The van der Waals surface area contributed by atoms with Gasteiger partial charge in [-0.1, -0.05) is 11.6 Å². The van der Waals surface area contributed by atoms with Crippen LogP contribution >= 0.6 is 11.6 Å². The van der Waals surface area contributed by atoms with Crippen LogP contribution in [0.1, 0.15) is 0 Å². The minimum absolute atomic E-state index is 3.56. The van der Waals surface area contributed by atoms with Crippen LogP contribution < -0.4 is 0 Å². The molecule has 0 bridgehead atoms. The van der Waals surface area contributed by atoms with Crippen molar-refractivity contribution in [2.45, 2.75) is 29.1 Å². The van der Waals surface area contributed by atoms with E-state index in [-0.39, 0.29) is 0 Å².